The molecule has 2 aromatic rings. The molecule has 0 spiro atoms. The first-order chi connectivity index (χ1) is 10.8. The third-order valence-electron chi connectivity index (χ3n) is 4.10. The lowest BCUT2D eigenvalue weighted by atomic mass is 10.2. The normalized spacial score (nSPS) is 20.0. The zero-order chi connectivity index (χ0) is 16.6. The van der Waals surface area contributed by atoms with E-state index < -0.39 is 9.84 Å². The lowest BCUT2D eigenvalue weighted by molar-refractivity contribution is -0.128. The molecule has 1 fully saturated rings. The van der Waals surface area contributed by atoms with Crippen molar-refractivity contribution in [2.24, 2.45) is 0 Å². The number of sulfone groups is 1. The first-order valence-electron chi connectivity index (χ1n) is 7.39. The molecule has 8 heteroatoms. The highest BCUT2D eigenvalue weighted by Gasteiger charge is 2.32. The van der Waals surface area contributed by atoms with Crippen LogP contribution >= 0.6 is 11.8 Å². The number of thioether (sulfide) groups is 1. The Balaban J connectivity index is 1.61. The quantitative estimate of drug-likeness (QED) is 0.845. The van der Waals surface area contributed by atoms with Crippen molar-refractivity contribution in [3.8, 4) is 0 Å². The number of nitrogens with zero attached hydrogens (tertiary/aromatic N) is 2. The second kappa shape index (κ2) is 6.16. The molecule has 1 aromatic carbocycles. The Labute approximate surface area is 139 Å². The SMILES string of the molecule is Cc1ccc2nc(SCC(=O)N(C)[C@H]3CCS(=O)(=O)C3)[nH]c2c1. The topological polar surface area (TPSA) is 83.1 Å². The van der Waals surface area contributed by atoms with Gasteiger partial charge in [-0.05, 0) is 31.0 Å². The fourth-order valence-corrected chi connectivity index (χ4v) is 5.27. The lowest BCUT2D eigenvalue weighted by Gasteiger charge is -2.22. The minimum Gasteiger partial charge on any atom is -0.341 e. The Kier molecular flexibility index (Phi) is 4.37. The molecule has 0 radical (unpaired) electrons. The van der Waals surface area contributed by atoms with Gasteiger partial charge < -0.3 is 9.88 Å². The highest BCUT2D eigenvalue weighted by Crippen LogP contribution is 2.22. The molecule has 0 bridgehead atoms. The van der Waals surface area contributed by atoms with E-state index >= 15 is 0 Å². The molecule has 1 N–H and O–H groups in total. The molecule has 6 nitrogen and oxygen atoms in total. The van der Waals surface area contributed by atoms with Crippen LogP contribution < -0.4 is 0 Å². The number of carbonyl (C=O) groups excluding carboxylic acids is 1. The van der Waals surface area contributed by atoms with Gasteiger partial charge in [0.25, 0.3) is 0 Å². The summed E-state index contributed by atoms with van der Waals surface area (Å²) in [5.74, 6) is 0.412. The summed E-state index contributed by atoms with van der Waals surface area (Å²) in [5, 5.41) is 0.700. The van der Waals surface area contributed by atoms with E-state index in [4.69, 9.17) is 0 Å². The van der Waals surface area contributed by atoms with Gasteiger partial charge in [0.1, 0.15) is 0 Å². The maximum atomic E-state index is 12.3. The number of benzene rings is 1. The third kappa shape index (κ3) is 3.69. The number of hydrogen-bond donors (Lipinski definition) is 1. The molecule has 3 rings (SSSR count). The van der Waals surface area contributed by atoms with Gasteiger partial charge in [-0.3, -0.25) is 4.79 Å². The molecule has 124 valence electrons. The zero-order valence-corrected chi connectivity index (χ0v) is 14.7. The number of fused-ring (bicyclic) bond motifs is 1. The minimum atomic E-state index is -2.98. The number of imidazole rings is 1. The van der Waals surface area contributed by atoms with Crippen LogP contribution in [0.15, 0.2) is 23.4 Å². The summed E-state index contributed by atoms with van der Waals surface area (Å²) < 4.78 is 23.0. The Hall–Kier alpha value is -1.54. The van der Waals surface area contributed by atoms with Crippen LogP contribution in [0.1, 0.15) is 12.0 Å². The predicted octanol–water partition coefficient (Wildman–Crippen LogP) is 1.61. The molecule has 0 saturated carbocycles. The number of rotatable bonds is 4. The van der Waals surface area contributed by atoms with Crippen LogP contribution in [0, 0.1) is 6.92 Å². The molecule has 0 aliphatic carbocycles. The Morgan fingerprint density at radius 1 is 1.48 bits per heavy atom. The van der Waals surface area contributed by atoms with Crippen molar-refractivity contribution in [1.82, 2.24) is 14.9 Å². The van der Waals surface area contributed by atoms with Crippen molar-refractivity contribution in [3.63, 3.8) is 0 Å². The summed E-state index contributed by atoms with van der Waals surface area (Å²) >= 11 is 1.34. The summed E-state index contributed by atoms with van der Waals surface area (Å²) in [6.07, 6.45) is 0.527. The number of aromatic amines is 1. The van der Waals surface area contributed by atoms with Crippen molar-refractivity contribution in [2.75, 3.05) is 24.3 Å². The van der Waals surface area contributed by atoms with Crippen molar-refractivity contribution < 1.29 is 13.2 Å². The first kappa shape index (κ1) is 16.3. The van der Waals surface area contributed by atoms with Crippen LogP contribution in [-0.4, -0.2) is 59.5 Å². The van der Waals surface area contributed by atoms with Gasteiger partial charge in [0.2, 0.25) is 5.91 Å². The van der Waals surface area contributed by atoms with Gasteiger partial charge in [-0.25, -0.2) is 13.4 Å². The van der Waals surface area contributed by atoms with Gasteiger partial charge in [0.05, 0.1) is 28.3 Å². The van der Waals surface area contributed by atoms with E-state index in [0.29, 0.717) is 11.6 Å². The lowest BCUT2D eigenvalue weighted by Crippen LogP contribution is -2.38. The third-order valence-corrected chi connectivity index (χ3v) is 6.71. The predicted molar refractivity (Wildman–Crippen MR) is 91.4 cm³/mol. The highest BCUT2D eigenvalue weighted by atomic mass is 32.2. The van der Waals surface area contributed by atoms with E-state index in [1.54, 1.807) is 11.9 Å². The van der Waals surface area contributed by atoms with E-state index in [0.717, 1.165) is 16.6 Å². The molecule has 1 aliphatic heterocycles. The summed E-state index contributed by atoms with van der Waals surface area (Å²) in [7, 11) is -1.30. The van der Waals surface area contributed by atoms with Gasteiger partial charge in [-0.1, -0.05) is 17.8 Å². The Morgan fingerprint density at radius 2 is 2.26 bits per heavy atom. The van der Waals surface area contributed by atoms with Gasteiger partial charge in [-0.15, -0.1) is 0 Å². The van der Waals surface area contributed by atoms with Gasteiger partial charge in [0, 0.05) is 13.1 Å². The summed E-state index contributed by atoms with van der Waals surface area (Å²) in [6.45, 7) is 2.02. The molecule has 1 saturated heterocycles. The number of aryl methyl sites for hydroxylation is 1. The van der Waals surface area contributed by atoms with Gasteiger partial charge >= 0.3 is 0 Å². The first-order valence-corrected chi connectivity index (χ1v) is 10.2. The Bertz CT molecular complexity index is 845. The molecular formula is C15H19N3O3S2. The van der Waals surface area contributed by atoms with E-state index in [2.05, 4.69) is 9.97 Å². The Morgan fingerprint density at radius 3 is 2.96 bits per heavy atom. The molecule has 1 amide bonds. The molecule has 2 heterocycles. The second-order valence-corrected chi connectivity index (χ2v) is 9.11. The van der Waals surface area contributed by atoms with Gasteiger partial charge in [-0.2, -0.15) is 0 Å². The fourth-order valence-electron chi connectivity index (χ4n) is 2.68. The van der Waals surface area contributed by atoms with E-state index in [-0.39, 0.29) is 29.2 Å². The summed E-state index contributed by atoms with van der Waals surface area (Å²) in [5.41, 5.74) is 2.98. The second-order valence-electron chi connectivity index (χ2n) is 5.91. The number of amides is 1. The van der Waals surface area contributed by atoms with Crippen LogP contribution in [0.2, 0.25) is 0 Å². The van der Waals surface area contributed by atoms with Gasteiger partial charge in [0.15, 0.2) is 15.0 Å². The van der Waals surface area contributed by atoms with Crippen LogP contribution in [0.4, 0.5) is 0 Å². The van der Waals surface area contributed by atoms with E-state index in [1.807, 2.05) is 25.1 Å². The number of carbonyl (C=O) groups is 1. The molecule has 23 heavy (non-hydrogen) atoms. The van der Waals surface area contributed by atoms with Crippen LogP contribution in [0.3, 0.4) is 0 Å². The average Bonchev–Trinajstić information content (AvgIpc) is 3.06. The standard InChI is InChI=1S/C15H19N3O3S2/c1-10-3-4-12-13(7-10)17-15(16-12)22-8-14(19)18(2)11-5-6-23(20,21)9-11/h3-4,7,11H,5-6,8-9H2,1-2H3,(H,16,17)/t11-/m0/s1. The molecule has 0 unspecified atom stereocenters. The maximum absolute atomic E-state index is 12.3. The van der Waals surface area contributed by atoms with Crippen LogP contribution in [0.5, 0.6) is 0 Å². The summed E-state index contributed by atoms with van der Waals surface area (Å²) in [4.78, 5) is 21.5. The van der Waals surface area contributed by atoms with Crippen molar-refractivity contribution in [1.29, 1.82) is 0 Å². The van der Waals surface area contributed by atoms with Crippen molar-refractivity contribution >= 4 is 38.5 Å². The highest BCUT2D eigenvalue weighted by molar-refractivity contribution is 7.99. The maximum Gasteiger partial charge on any atom is 0.233 e. The fraction of sp³-hybridized carbons (Fsp3) is 0.467. The number of aromatic nitrogens is 2. The van der Waals surface area contributed by atoms with Crippen LogP contribution in [-0.2, 0) is 14.6 Å². The monoisotopic (exact) mass is 353 g/mol. The summed E-state index contributed by atoms with van der Waals surface area (Å²) in [6, 6.07) is 5.76. The van der Waals surface area contributed by atoms with Crippen molar-refractivity contribution in [3.05, 3.63) is 23.8 Å². The average molecular weight is 353 g/mol. The number of hydrogen-bond acceptors (Lipinski definition) is 5. The van der Waals surface area contributed by atoms with Crippen LogP contribution in [0.25, 0.3) is 11.0 Å². The molecular weight excluding hydrogens is 334 g/mol. The molecule has 1 atom stereocenters. The number of nitrogens with one attached hydrogen (secondary N) is 1. The number of H-pyrrole nitrogens is 1. The van der Waals surface area contributed by atoms with E-state index in [9.17, 15) is 13.2 Å². The van der Waals surface area contributed by atoms with E-state index in [1.165, 1.54) is 11.8 Å². The molecule has 1 aliphatic rings. The van der Waals surface area contributed by atoms with Crippen molar-refractivity contribution in [2.45, 2.75) is 24.5 Å². The largest absolute Gasteiger partial charge is 0.341 e. The minimum absolute atomic E-state index is 0.0732. The zero-order valence-electron chi connectivity index (χ0n) is 13.1. The molecule has 1 aromatic heterocycles. The smallest absolute Gasteiger partial charge is 0.233 e.